The Morgan fingerprint density at radius 2 is 0.673 bits per heavy atom. The molecule has 0 N–H and O–H groups in total. The molecule has 10 nitrogen and oxygen atoms in total. The van der Waals surface area contributed by atoms with Crippen LogP contribution in [0.1, 0.15) is 33.4 Å². The Morgan fingerprint density at radius 3 is 1.00 bits per heavy atom. The fourth-order valence-corrected chi connectivity index (χ4v) is 7.66. The van der Waals surface area contributed by atoms with Gasteiger partial charge in [0.15, 0.2) is 23.0 Å². The standard InChI is InChI=1S/C36H35O10P3/c1-24-10-7-11-25(2)34(24)42-47(37)40-30-16-20-32(21-17-30)44-49(39,46-36-28(5)14-9-15-29(36)6)45-33-22-18-31(19-23-33)41-48(38)43-35-26(3)12-8-13-27(35)4/h7-23H,1-6H3/q+2. The quantitative estimate of drug-likeness (QED) is 0.103. The molecule has 0 saturated carbocycles. The van der Waals surface area contributed by atoms with Crippen LogP contribution >= 0.6 is 24.3 Å². The number of rotatable bonds is 14. The monoisotopic (exact) mass is 720 g/mol. The molecule has 252 valence electrons. The zero-order chi connectivity index (χ0) is 35.1. The zero-order valence-electron chi connectivity index (χ0n) is 27.7. The van der Waals surface area contributed by atoms with E-state index in [-0.39, 0.29) is 23.0 Å². The Kier molecular flexibility index (Phi) is 11.3. The average Bonchev–Trinajstić information content (AvgIpc) is 3.05. The molecule has 0 saturated heterocycles. The number of para-hydroxylation sites is 3. The Balaban J connectivity index is 1.29. The lowest BCUT2D eigenvalue weighted by Gasteiger charge is -2.21. The Morgan fingerprint density at radius 1 is 0.388 bits per heavy atom. The third kappa shape index (κ3) is 9.39. The van der Waals surface area contributed by atoms with Crippen molar-refractivity contribution in [2.75, 3.05) is 0 Å². The van der Waals surface area contributed by atoms with Gasteiger partial charge in [-0.2, -0.15) is 4.57 Å². The molecule has 0 heterocycles. The van der Waals surface area contributed by atoms with E-state index in [0.29, 0.717) is 17.2 Å². The zero-order valence-corrected chi connectivity index (χ0v) is 30.4. The first-order chi connectivity index (χ1) is 23.4. The summed E-state index contributed by atoms with van der Waals surface area (Å²) in [5.74, 6) is 2.06. The summed E-state index contributed by atoms with van der Waals surface area (Å²) < 4.78 is 79.2. The highest BCUT2D eigenvalue weighted by Gasteiger charge is 2.35. The molecule has 49 heavy (non-hydrogen) atoms. The minimum Gasteiger partial charge on any atom is -0.386 e. The minimum atomic E-state index is -4.38. The number of hydrogen-bond donors (Lipinski definition) is 0. The van der Waals surface area contributed by atoms with E-state index in [2.05, 4.69) is 0 Å². The Bertz CT molecular complexity index is 1850. The van der Waals surface area contributed by atoms with Crippen molar-refractivity contribution in [2.45, 2.75) is 41.5 Å². The van der Waals surface area contributed by atoms with Gasteiger partial charge < -0.3 is 13.6 Å². The van der Waals surface area contributed by atoms with E-state index in [0.717, 1.165) is 33.4 Å². The number of hydrogen-bond acceptors (Lipinski definition) is 10. The van der Waals surface area contributed by atoms with Crippen LogP contribution in [0.3, 0.4) is 0 Å². The molecule has 0 spiro atoms. The molecular formula is C36H35O10P3+2. The number of phosphoric ester groups is 1. The first-order valence-corrected chi connectivity index (χ1v) is 18.8. The van der Waals surface area contributed by atoms with E-state index in [1.54, 1.807) is 0 Å². The van der Waals surface area contributed by atoms with Gasteiger partial charge in [0.05, 0.1) is 0 Å². The van der Waals surface area contributed by atoms with Crippen molar-refractivity contribution in [2.24, 2.45) is 0 Å². The van der Waals surface area contributed by atoms with E-state index < -0.39 is 24.3 Å². The van der Waals surface area contributed by atoms with E-state index in [9.17, 15) is 13.7 Å². The third-order valence-electron chi connectivity index (χ3n) is 7.20. The second-order valence-corrected chi connectivity index (χ2v) is 14.2. The van der Waals surface area contributed by atoms with Crippen LogP contribution in [0.2, 0.25) is 0 Å². The van der Waals surface area contributed by atoms with Crippen LogP contribution in [-0.2, 0) is 13.7 Å². The Hall–Kier alpha value is -4.87. The van der Waals surface area contributed by atoms with Crippen LogP contribution in [0.5, 0.6) is 40.2 Å². The second-order valence-electron chi connectivity index (χ2n) is 11.1. The van der Waals surface area contributed by atoms with Crippen molar-refractivity contribution < 1.29 is 45.4 Å². The van der Waals surface area contributed by atoms with Crippen molar-refractivity contribution in [1.29, 1.82) is 0 Å². The molecule has 5 aromatic rings. The SMILES string of the molecule is Cc1cccc(C)c1O[P+](=O)Oc1ccc(OP(=O)(Oc2ccc(O[P+](=O)Oc3c(C)cccc3C)cc2)Oc2c(C)cccc2C)cc1. The van der Waals surface area contributed by atoms with Crippen LogP contribution in [0.25, 0.3) is 0 Å². The van der Waals surface area contributed by atoms with Gasteiger partial charge >= 0.3 is 24.3 Å². The van der Waals surface area contributed by atoms with Gasteiger partial charge in [0.25, 0.3) is 0 Å². The smallest absolute Gasteiger partial charge is 0.386 e. The van der Waals surface area contributed by atoms with Gasteiger partial charge in [0.1, 0.15) is 17.2 Å². The first-order valence-electron chi connectivity index (χ1n) is 15.1. The number of phosphoric acid groups is 1. The summed E-state index contributed by atoms with van der Waals surface area (Å²) in [6, 6.07) is 28.5. The van der Waals surface area contributed by atoms with Gasteiger partial charge in [-0.05, 0) is 123 Å². The van der Waals surface area contributed by atoms with E-state index in [1.165, 1.54) is 48.5 Å². The van der Waals surface area contributed by atoms with Crippen LogP contribution in [-0.4, -0.2) is 0 Å². The fraction of sp³-hybridized carbons (Fsp3) is 0.167. The third-order valence-corrected chi connectivity index (χ3v) is 9.86. The maximum absolute atomic E-state index is 14.2. The maximum atomic E-state index is 14.2. The van der Waals surface area contributed by atoms with Crippen LogP contribution in [0, 0.1) is 41.5 Å². The summed E-state index contributed by atoms with van der Waals surface area (Å²) in [5, 5.41) is 0. The van der Waals surface area contributed by atoms with Gasteiger partial charge in [-0.25, -0.2) is 18.1 Å². The topological polar surface area (TPSA) is 116 Å². The first kappa shape index (κ1) is 35.4. The summed E-state index contributed by atoms with van der Waals surface area (Å²) in [6.45, 7) is 11.0. The molecule has 2 atom stereocenters. The maximum Gasteiger partial charge on any atom is 0.805 e. The molecule has 0 fully saturated rings. The van der Waals surface area contributed by atoms with E-state index >= 15 is 0 Å². The fourth-order valence-electron chi connectivity index (χ4n) is 4.74. The molecule has 0 aliphatic carbocycles. The summed E-state index contributed by atoms with van der Waals surface area (Å²) >= 11 is 0. The van der Waals surface area contributed by atoms with Crippen molar-refractivity contribution in [3.8, 4) is 40.2 Å². The normalized spacial score (nSPS) is 12.6. The second kappa shape index (κ2) is 15.6. The average molecular weight is 721 g/mol. The highest BCUT2D eigenvalue weighted by molar-refractivity contribution is 7.49. The summed E-state index contributed by atoms with van der Waals surface area (Å²) in [5.41, 5.74) is 4.76. The molecule has 2 unspecified atom stereocenters. The van der Waals surface area contributed by atoms with E-state index in [4.69, 9.17) is 31.7 Å². The lowest BCUT2D eigenvalue weighted by molar-refractivity contribution is 0.296. The largest absolute Gasteiger partial charge is 0.805 e. The number of benzene rings is 5. The summed E-state index contributed by atoms with van der Waals surface area (Å²) in [4.78, 5) is 0. The predicted molar refractivity (Wildman–Crippen MR) is 188 cm³/mol. The molecule has 0 aromatic heterocycles. The summed E-state index contributed by atoms with van der Waals surface area (Å²) in [6.07, 6.45) is 0. The van der Waals surface area contributed by atoms with Crippen molar-refractivity contribution >= 4 is 24.3 Å². The van der Waals surface area contributed by atoms with Crippen LogP contribution < -0.4 is 31.7 Å². The molecule has 0 bridgehead atoms. The highest BCUT2D eigenvalue weighted by atomic mass is 31.2. The highest BCUT2D eigenvalue weighted by Crippen LogP contribution is 2.51. The van der Waals surface area contributed by atoms with Crippen LogP contribution in [0.15, 0.2) is 103 Å². The van der Waals surface area contributed by atoms with Crippen LogP contribution in [0.4, 0.5) is 0 Å². The molecule has 13 heteroatoms. The molecule has 0 aliphatic rings. The molecule has 0 radical (unpaired) electrons. The predicted octanol–water partition coefficient (Wildman–Crippen LogP) is 11.4. The summed E-state index contributed by atoms with van der Waals surface area (Å²) in [7, 11) is -9.45. The van der Waals surface area contributed by atoms with Crippen molar-refractivity contribution in [3.05, 3.63) is 137 Å². The molecule has 5 aromatic carbocycles. The van der Waals surface area contributed by atoms with Gasteiger partial charge in [-0.1, -0.05) is 54.6 Å². The molecule has 0 amide bonds. The van der Waals surface area contributed by atoms with Crippen molar-refractivity contribution in [1.82, 2.24) is 0 Å². The lowest BCUT2D eigenvalue weighted by atomic mass is 10.1. The molecule has 5 rings (SSSR count). The molecular weight excluding hydrogens is 685 g/mol. The van der Waals surface area contributed by atoms with Gasteiger partial charge in [-0.15, -0.1) is 0 Å². The molecule has 0 aliphatic heterocycles. The van der Waals surface area contributed by atoms with Gasteiger partial charge in [0.2, 0.25) is 0 Å². The minimum absolute atomic E-state index is 0.133. The van der Waals surface area contributed by atoms with Gasteiger partial charge in [0, 0.05) is 9.13 Å². The van der Waals surface area contributed by atoms with E-state index in [1.807, 2.05) is 96.1 Å². The lowest BCUT2D eigenvalue weighted by Crippen LogP contribution is -2.09. The van der Waals surface area contributed by atoms with Crippen molar-refractivity contribution in [3.63, 3.8) is 0 Å². The number of aryl methyl sites for hydroxylation is 6. The Labute approximate surface area is 287 Å². The van der Waals surface area contributed by atoms with Gasteiger partial charge in [-0.3, -0.25) is 0 Å².